The summed E-state index contributed by atoms with van der Waals surface area (Å²) >= 11 is 0. The number of carbonyl (C=O) groups is 3. The van der Waals surface area contributed by atoms with Crippen LogP contribution in [-0.2, 0) is 10.1 Å². The summed E-state index contributed by atoms with van der Waals surface area (Å²) in [5.41, 5.74) is -0.114. The third kappa shape index (κ3) is 4.84. The number of amides is 4. The average Bonchev–Trinajstić information content (AvgIpc) is 2.94. The zero-order valence-corrected chi connectivity index (χ0v) is 16.6. The van der Waals surface area contributed by atoms with Crippen LogP contribution in [-0.4, -0.2) is 53.7 Å². The van der Waals surface area contributed by atoms with Crippen LogP contribution in [0, 0.1) is 10.1 Å². The first-order valence-electron chi connectivity index (χ1n) is 8.85. The molecule has 1 heterocycles. The molecule has 0 bridgehead atoms. The second kappa shape index (κ2) is 8.49. The van der Waals surface area contributed by atoms with Crippen LogP contribution in [0.15, 0.2) is 47.4 Å². The molecule has 31 heavy (non-hydrogen) atoms. The van der Waals surface area contributed by atoms with Gasteiger partial charge in [0.15, 0.2) is 0 Å². The van der Waals surface area contributed by atoms with Gasteiger partial charge in [-0.05, 0) is 30.7 Å². The van der Waals surface area contributed by atoms with Crippen molar-refractivity contribution in [2.45, 2.75) is 11.3 Å². The molecule has 3 rings (SSSR count). The van der Waals surface area contributed by atoms with Crippen LogP contribution in [0.25, 0.3) is 0 Å². The molecule has 0 saturated carbocycles. The number of imide groups is 1. The third-order valence-electron chi connectivity index (χ3n) is 4.40. The molecule has 2 aromatic rings. The molecule has 0 radical (unpaired) electrons. The van der Waals surface area contributed by atoms with Gasteiger partial charge in [-0.2, -0.15) is 8.42 Å². The van der Waals surface area contributed by atoms with Crippen molar-refractivity contribution < 1.29 is 32.3 Å². The van der Waals surface area contributed by atoms with Crippen molar-refractivity contribution in [1.29, 1.82) is 0 Å². The summed E-state index contributed by atoms with van der Waals surface area (Å²) in [7, 11) is -4.41. The van der Waals surface area contributed by atoms with Gasteiger partial charge in [-0.1, -0.05) is 6.07 Å². The number of benzene rings is 2. The van der Waals surface area contributed by atoms with Gasteiger partial charge in [0.1, 0.15) is 0 Å². The van der Waals surface area contributed by atoms with E-state index in [0.717, 1.165) is 29.2 Å². The number of fused-ring (bicyclic) bond motifs is 1. The van der Waals surface area contributed by atoms with Crippen molar-refractivity contribution in [2.24, 2.45) is 0 Å². The van der Waals surface area contributed by atoms with Crippen molar-refractivity contribution in [3.63, 3.8) is 0 Å². The van der Waals surface area contributed by atoms with Crippen molar-refractivity contribution in [1.82, 2.24) is 10.2 Å². The Labute approximate surface area is 175 Å². The van der Waals surface area contributed by atoms with Gasteiger partial charge in [-0.15, -0.1) is 0 Å². The highest BCUT2D eigenvalue weighted by atomic mass is 32.2. The lowest BCUT2D eigenvalue weighted by atomic mass is 10.1. The van der Waals surface area contributed by atoms with Crippen molar-refractivity contribution >= 4 is 39.3 Å². The molecule has 0 unspecified atom stereocenters. The molecule has 12 nitrogen and oxygen atoms in total. The van der Waals surface area contributed by atoms with Gasteiger partial charge in [0.25, 0.3) is 27.6 Å². The minimum absolute atomic E-state index is 0.0152. The Hall–Kier alpha value is -3.84. The van der Waals surface area contributed by atoms with E-state index in [-0.39, 0.29) is 46.9 Å². The van der Waals surface area contributed by atoms with Crippen molar-refractivity contribution in [2.75, 3.05) is 18.4 Å². The number of nitro groups is 1. The van der Waals surface area contributed by atoms with Gasteiger partial charge in [-0.25, -0.2) is 4.79 Å². The first-order valence-corrected chi connectivity index (χ1v) is 10.3. The Kier molecular flexibility index (Phi) is 5.99. The second-order valence-electron chi connectivity index (χ2n) is 6.49. The monoisotopic (exact) mass is 448 g/mol. The number of urea groups is 1. The van der Waals surface area contributed by atoms with E-state index in [4.69, 9.17) is 4.55 Å². The smallest absolute Gasteiger partial charge is 0.319 e. The predicted octanol–water partition coefficient (Wildman–Crippen LogP) is 1.65. The summed E-state index contributed by atoms with van der Waals surface area (Å²) in [5.74, 6) is -1.21. The highest BCUT2D eigenvalue weighted by Gasteiger charge is 2.36. The summed E-state index contributed by atoms with van der Waals surface area (Å²) < 4.78 is 31.3. The van der Waals surface area contributed by atoms with Crippen LogP contribution in [0.1, 0.15) is 27.1 Å². The molecule has 1 aliphatic heterocycles. The van der Waals surface area contributed by atoms with Gasteiger partial charge < -0.3 is 10.6 Å². The summed E-state index contributed by atoms with van der Waals surface area (Å²) in [6.45, 7) is 0.0655. The zero-order valence-electron chi connectivity index (χ0n) is 15.8. The number of nitro benzene ring substituents is 1. The molecular weight excluding hydrogens is 432 g/mol. The van der Waals surface area contributed by atoms with Crippen LogP contribution in [0.4, 0.5) is 16.2 Å². The molecule has 0 spiro atoms. The normalized spacial score (nSPS) is 13.1. The standard InChI is InChI=1S/C18H16N4O8S/c23-16-14-6-5-12(22(26)27)10-15(14)17(24)21(16)8-2-7-19-18(25)20-11-3-1-4-13(9-11)31(28,29)30/h1,3-6,9-10H,2,7-8H2,(H2,19,20,25)(H,28,29,30). The number of non-ortho nitro benzene ring substituents is 1. The van der Waals surface area contributed by atoms with E-state index in [1.54, 1.807) is 0 Å². The van der Waals surface area contributed by atoms with Crippen LogP contribution >= 0.6 is 0 Å². The quantitative estimate of drug-likeness (QED) is 0.188. The van der Waals surface area contributed by atoms with Gasteiger partial charge >= 0.3 is 6.03 Å². The van der Waals surface area contributed by atoms with E-state index in [2.05, 4.69) is 10.6 Å². The van der Waals surface area contributed by atoms with Gasteiger partial charge in [0.05, 0.1) is 20.9 Å². The van der Waals surface area contributed by atoms with E-state index in [9.17, 15) is 32.9 Å². The van der Waals surface area contributed by atoms with Crippen LogP contribution in [0.3, 0.4) is 0 Å². The van der Waals surface area contributed by atoms with Crippen molar-refractivity contribution in [3.8, 4) is 0 Å². The summed E-state index contributed by atoms with van der Waals surface area (Å²) in [4.78, 5) is 47.4. The second-order valence-corrected chi connectivity index (χ2v) is 7.91. The van der Waals surface area contributed by atoms with Crippen molar-refractivity contribution in [3.05, 3.63) is 63.7 Å². The first kappa shape index (κ1) is 21.9. The fraction of sp³-hybridized carbons (Fsp3) is 0.167. The Bertz CT molecular complexity index is 1190. The minimum atomic E-state index is -4.41. The lowest BCUT2D eigenvalue weighted by Gasteiger charge is -2.14. The number of carbonyl (C=O) groups excluding carboxylic acids is 3. The maximum atomic E-state index is 12.4. The van der Waals surface area contributed by atoms with Gasteiger partial charge in [-0.3, -0.25) is 29.2 Å². The fourth-order valence-electron chi connectivity index (χ4n) is 2.94. The molecule has 162 valence electrons. The molecule has 0 atom stereocenters. The van der Waals surface area contributed by atoms with E-state index < -0.39 is 32.9 Å². The van der Waals surface area contributed by atoms with E-state index >= 15 is 0 Å². The predicted molar refractivity (Wildman–Crippen MR) is 106 cm³/mol. The zero-order chi connectivity index (χ0) is 22.8. The molecule has 1 aliphatic rings. The molecule has 2 aromatic carbocycles. The number of nitrogens with one attached hydrogen (secondary N) is 2. The van der Waals surface area contributed by atoms with Gasteiger partial charge in [0.2, 0.25) is 0 Å². The SMILES string of the molecule is O=C(NCCCN1C(=O)c2ccc([N+](=O)[O-])cc2C1=O)Nc1cccc(S(=O)(=O)O)c1. The van der Waals surface area contributed by atoms with Crippen LogP contribution in [0.2, 0.25) is 0 Å². The maximum Gasteiger partial charge on any atom is 0.319 e. The highest BCUT2D eigenvalue weighted by Crippen LogP contribution is 2.26. The largest absolute Gasteiger partial charge is 0.338 e. The highest BCUT2D eigenvalue weighted by molar-refractivity contribution is 7.85. The van der Waals surface area contributed by atoms with E-state index in [1.807, 2.05) is 0 Å². The molecular formula is C18H16N4O8S. The Morgan fingerprint density at radius 3 is 2.48 bits per heavy atom. The summed E-state index contributed by atoms with van der Waals surface area (Å²) in [6.07, 6.45) is 0.214. The Balaban J connectivity index is 1.52. The molecule has 13 heteroatoms. The summed E-state index contributed by atoms with van der Waals surface area (Å²) in [6, 6.07) is 7.78. The topological polar surface area (TPSA) is 176 Å². The Morgan fingerprint density at radius 2 is 1.81 bits per heavy atom. The third-order valence-corrected chi connectivity index (χ3v) is 5.25. The van der Waals surface area contributed by atoms with Crippen LogP contribution < -0.4 is 10.6 Å². The minimum Gasteiger partial charge on any atom is -0.338 e. The Morgan fingerprint density at radius 1 is 1.10 bits per heavy atom. The lowest BCUT2D eigenvalue weighted by molar-refractivity contribution is -0.384. The lowest BCUT2D eigenvalue weighted by Crippen LogP contribution is -2.35. The fourth-order valence-corrected chi connectivity index (χ4v) is 3.47. The average molecular weight is 448 g/mol. The van der Waals surface area contributed by atoms with E-state index in [0.29, 0.717) is 0 Å². The molecule has 0 saturated heterocycles. The van der Waals surface area contributed by atoms with E-state index in [1.165, 1.54) is 18.2 Å². The molecule has 0 aliphatic carbocycles. The molecule has 4 amide bonds. The molecule has 0 fully saturated rings. The summed E-state index contributed by atoms with van der Waals surface area (Å²) in [5, 5.41) is 15.7. The number of rotatable bonds is 7. The number of hydrogen-bond acceptors (Lipinski definition) is 7. The van der Waals surface area contributed by atoms with Gasteiger partial charge in [0, 0.05) is 30.9 Å². The first-order chi connectivity index (χ1) is 14.6. The molecule has 3 N–H and O–H groups in total. The molecule has 0 aromatic heterocycles. The number of hydrogen-bond donors (Lipinski definition) is 3. The van der Waals surface area contributed by atoms with Crippen LogP contribution in [0.5, 0.6) is 0 Å². The number of anilines is 1. The maximum absolute atomic E-state index is 12.4. The number of nitrogens with zero attached hydrogens (tertiary/aromatic N) is 2.